The zero-order valence-electron chi connectivity index (χ0n) is 9.98. The molecule has 0 aromatic carbocycles. The van der Waals surface area contributed by atoms with E-state index in [9.17, 15) is 18.0 Å². The second kappa shape index (κ2) is 9.27. The number of hydrogen-bond donors (Lipinski definition) is 2. The number of carbonyl (C=O) groups excluding carboxylic acids is 1. The van der Waals surface area contributed by atoms with Crippen molar-refractivity contribution in [3.8, 4) is 0 Å². The lowest BCUT2D eigenvalue weighted by atomic mass is 10.2. The molecule has 0 aromatic heterocycles. The first-order valence-corrected chi connectivity index (χ1v) is 5.99. The van der Waals surface area contributed by atoms with Gasteiger partial charge in [-0.1, -0.05) is 6.42 Å². The highest BCUT2D eigenvalue weighted by Crippen LogP contribution is 2.21. The topological polar surface area (TPSA) is 55.1 Å². The van der Waals surface area contributed by atoms with Gasteiger partial charge in [-0.25, -0.2) is 0 Å². The van der Waals surface area contributed by atoms with E-state index < -0.39 is 12.6 Å². The van der Waals surface area contributed by atoms with Crippen LogP contribution in [0.2, 0.25) is 0 Å². The van der Waals surface area contributed by atoms with Crippen LogP contribution < -0.4 is 11.1 Å². The molecule has 0 atom stereocenters. The van der Waals surface area contributed by atoms with Crippen molar-refractivity contribution >= 4 is 5.91 Å². The van der Waals surface area contributed by atoms with Gasteiger partial charge in [0.2, 0.25) is 5.91 Å². The van der Waals surface area contributed by atoms with E-state index in [0.29, 0.717) is 25.9 Å². The number of nitrogens with one attached hydrogen (secondary N) is 1. The lowest BCUT2D eigenvalue weighted by Gasteiger charge is -2.07. The zero-order valence-corrected chi connectivity index (χ0v) is 9.98. The largest absolute Gasteiger partial charge is 0.389 e. The van der Waals surface area contributed by atoms with Crippen LogP contribution in [0.1, 0.15) is 44.9 Å². The van der Waals surface area contributed by atoms with Gasteiger partial charge in [0.05, 0.1) is 0 Å². The van der Waals surface area contributed by atoms with Crippen molar-refractivity contribution in [3.63, 3.8) is 0 Å². The van der Waals surface area contributed by atoms with Crippen molar-refractivity contribution in [2.24, 2.45) is 5.73 Å². The van der Waals surface area contributed by atoms with E-state index in [1.54, 1.807) is 0 Å². The van der Waals surface area contributed by atoms with Gasteiger partial charge in [-0.3, -0.25) is 4.79 Å². The quantitative estimate of drug-likeness (QED) is 0.620. The van der Waals surface area contributed by atoms with E-state index in [4.69, 9.17) is 5.73 Å². The molecule has 0 spiro atoms. The third-order valence-electron chi connectivity index (χ3n) is 2.32. The SMILES string of the molecule is NCCCCCC(=O)NCCCCC(F)(F)F. The minimum absolute atomic E-state index is 0.0664. The number of nitrogens with two attached hydrogens (primary N) is 1. The molecule has 6 heteroatoms. The van der Waals surface area contributed by atoms with Crippen molar-refractivity contribution in [1.29, 1.82) is 0 Å². The van der Waals surface area contributed by atoms with E-state index in [-0.39, 0.29) is 12.3 Å². The number of rotatable bonds is 9. The van der Waals surface area contributed by atoms with Gasteiger partial charge in [0.1, 0.15) is 0 Å². The van der Waals surface area contributed by atoms with Crippen LogP contribution in [0.3, 0.4) is 0 Å². The number of amides is 1. The molecule has 0 aliphatic heterocycles. The highest BCUT2D eigenvalue weighted by Gasteiger charge is 2.25. The molecule has 17 heavy (non-hydrogen) atoms. The van der Waals surface area contributed by atoms with Gasteiger partial charge in [-0.05, 0) is 32.2 Å². The van der Waals surface area contributed by atoms with Crippen LogP contribution in [0.4, 0.5) is 13.2 Å². The summed E-state index contributed by atoms with van der Waals surface area (Å²) in [5, 5.41) is 2.61. The molecular formula is C11H21F3N2O. The first-order chi connectivity index (χ1) is 7.95. The maximum absolute atomic E-state index is 11.8. The first-order valence-electron chi connectivity index (χ1n) is 5.99. The summed E-state index contributed by atoms with van der Waals surface area (Å²) in [6, 6.07) is 0. The molecule has 0 aromatic rings. The second-order valence-electron chi connectivity index (χ2n) is 4.02. The molecule has 0 rings (SSSR count). The van der Waals surface area contributed by atoms with Gasteiger partial charge in [-0.15, -0.1) is 0 Å². The Morgan fingerprint density at radius 1 is 1.06 bits per heavy atom. The van der Waals surface area contributed by atoms with Crippen molar-refractivity contribution in [2.45, 2.75) is 51.1 Å². The summed E-state index contributed by atoms with van der Waals surface area (Å²) in [6.07, 6.45) is -1.40. The van der Waals surface area contributed by atoms with Crippen molar-refractivity contribution < 1.29 is 18.0 Å². The molecule has 3 nitrogen and oxygen atoms in total. The summed E-state index contributed by atoms with van der Waals surface area (Å²) >= 11 is 0. The van der Waals surface area contributed by atoms with Crippen LogP contribution in [-0.2, 0) is 4.79 Å². The monoisotopic (exact) mass is 254 g/mol. The lowest BCUT2D eigenvalue weighted by molar-refractivity contribution is -0.135. The number of halogens is 3. The molecule has 0 heterocycles. The third-order valence-corrected chi connectivity index (χ3v) is 2.32. The predicted octanol–water partition coefficient (Wildman–Crippen LogP) is 2.35. The molecule has 0 radical (unpaired) electrons. The number of unbranched alkanes of at least 4 members (excludes halogenated alkanes) is 3. The molecule has 102 valence electrons. The van der Waals surface area contributed by atoms with Crippen molar-refractivity contribution in [1.82, 2.24) is 5.32 Å². The molecular weight excluding hydrogens is 233 g/mol. The highest BCUT2D eigenvalue weighted by molar-refractivity contribution is 5.75. The molecule has 0 aliphatic rings. The summed E-state index contributed by atoms with van der Waals surface area (Å²) in [6.45, 7) is 0.949. The minimum Gasteiger partial charge on any atom is -0.356 e. The van der Waals surface area contributed by atoms with Crippen LogP contribution in [-0.4, -0.2) is 25.2 Å². The van der Waals surface area contributed by atoms with Gasteiger partial charge in [0, 0.05) is 19.4 Å². The average molecular weight is 254 g/mol. The molecule has 0 aliphatic carbocycles. The van der Waals surface area contributed by atoms with Gasteiger partial charge in [0.15, 0.2) is 0 Å². The molecule has 3 N–H and O–H groups in total. The summed E-state index contributed by atoms with van der Waals surface area (Å²) < 4.78 is 35.3. The van der Waals surface area contributed by atoms with Crippen LogP contribution in [0.5, 0.6) is 0 Å². The number of hydrogen-bond acceptors (Lipinski definition) is 2. The third kappa shape index (κ3) is 13.2. The normalized spacial score (nSPS) is 11.5. The molecule has 0 unspecified atom stereocenters. The Bertz CT molecular complexity index is 207. The molecule has 1 amide bonds. The summed E-state index contributed by atoms with van der Waals surface area (Å²) in [5.41, 5.74) is 5.30. The smallest absolute Gasteiger partial charge is 0.356 e. The van der Waals surface area contributed by atoms with Crippen LogP contribution >= 0.6 is 0 Å². The Morgan fingerprint density at radius 3 is 2.35 bits per heavy atom. The van der Waals surface area contributed by atoms with E-state index in [1.165, 1.54) is 0 Å². The molecule has 0 saturated heterocycles. The average Bonchev–Trinajstić information content (AvgIpc) is 2.22. The Kier molecular flexibility index (Phi) is 8.85. The predicted molar refractivity (Wildman–Crippen MR) is 60.4 cm³/mol. The standard InChI is InChI=1S/C11H21F3N2O/c12-11(13,14)7-3-5-9-16-10(17)6-2-1-4-8-15/h1-9,15H2,(H,16,17). The summed E-state index contributed by atoms with van der Waals surface area (Å²) in [5.74, 6) is -0.0889. The Morgan fingerprint density at radius 2 is 1.76 bits per heavy atom. The fourth-order valence-corrected chi connectivity index (χ4v) is 1.37. The lowest BCUT2D eigenvalue weighted by Crippen LogP contribution is -2.24. The van der Waals surface area contributed by atoms with Gasteiger partial charge < -0.3 is 11.1 Å². The maximum atomic E-state index is 11.8. The first kappa shape index (κ1) is 16.2. The highest BCUT2D eigenvalue weighted by atomic mass is 19.4. The van der Waals surface area contributed by atoms with E-state index >= 15 is 0 Å². The Hall–Kier alpha value is -0.780. The van der Waals surface area contributed by atoms with Crippen LogP contribution in [0, 0.1) is 0 Å². The Balaban J connectivity index is 3.28. The number of alkyl halides is 3. The second-order valence-corrected chi connectivity index (χ2v) is 4.02. The Labute approximate surface area is 99.9 Å². The van der Waals surface area contributed by atoms with Crippen LogP contribution in [0.15, 0.2) is 0 Å². The van der Waals surface area contributed by atoms with Crippen molar-refractivity contribution in [3.05, 3.63) is 0 Å². The van der Waals surface area contributed by atoms with E-state index in [1.807, 2.05) is 0 Å². The zero-order chi connectivity index (χ0) is 13.1. The molecule has 0 bridgehead atoms. The van der Waals surface area contributed by atoms with Gasteiger partial charge in [-0.2, -0.15) is 13.2 Å². The summed E-state index contributed by atoms with van der Waals surface area (Å²) in [4.78, 5) is 11.2. The minimum atomic E-state index is -4.09. The van der Waals surface area contributed by atoms with E-state index in [2.05, 4.69) is 5.32 Å². The summed E-state index contributed by atoms with van der Waals surface area (Å²) in [7, 11) is 0. The van der Waals surface area contributed by atoms with E-state index in [0.717, 1.165) is 19.3 Å². The fourth-order valence-electron chi connectivity index (χ4n) is 1.37. The molecule has 0 saturated carbocycles. The van der Waals surface area contributed by atoms with Crippen LogP contribution in [0.25, 0.3) is 0 Å². The maximum Gasteiger partial charge on any atom is 0.389 e. The number of carbonyl (C=O) groups is 1. The van der Waals surface area contributed by atoms with Crippen molar-refractivity contribution in [2.75, 3.05) is 13.1 Å². The fraction of sp³-hybridized carbons (Fsp3) is 0.909. The van der Waals surface area contributed by atoms with Gasteiger partial charge >= 0.3 is 6.18 Å². The molecule has 0 fully saturated rings. The van der Waals surface area contributed by atoms with Gasteiger partial charge in [0.25, 0.3) is 0 Å².